The number of rotatable bonds is 1. The molecular formula is C12H8N2O5. The Morgan fingerprint density at radius 3 is 2.74 bits per heavy atom. The Hall–Kier alpha value is -2.83. The highest BCUT2D eigenvalue weighted by Gasteiger charge is 2.25. The van der Waals surface area contributed by atoms with Crippen LogP contribution in [0.5, 0.6) is 11.6 Å². The van der Waals surface area contributed by atoms with Crippen LogP contribution < -0.4 is 16.0 Å². The first-order chi connectivity index (χ1) is 9.06. The number of H-pyrrole nitrogens is 2. The Morgan fingerprint density at radius 1 is 1.21 bits per heavy atom. The minimum absolute atomic E-state index is 0.0591. The summed E-state index contributed by atoms with van der Waals surface area (Å²) in [6, 6.07) is 4.57. The summed E-state index contributed by atoms with van der Waals surface area (Å²) in [6.45, 7) is 0. The quantitative estimate of drug-likeness (QED) is 0.588. The fourth-order valence-corrected chi connectivity index (χ4v) is 2.07. The van der Waals surface area contributed by atoms with Crippen LogP contribution in [-0.2, 0) is 6.42 Å². The first kappa shape index (κ1) is 11.3. The van der Waals surface area contributed by atoms with Crippen LogP contribution in [0.25, 0.3) is 0 Å². The summed E-state index contributed by atoms with van der Waals surface area (Å²) < 4.78 is 5.39. The number of hydrogen-bond acceptors (Lipinski definition) is 4. The zero-order chi connectivity index (χ0) is 13.6. The summed E-state index contributed by atoms with van der Waals surface area (Å²) in [5.41, 5.74) is -0.541. The molecule has 1 aliphatic heterocycles. The van der Waals surface area contributed by atoms with E-state index in [1.807, 2.05) is 0 Å². The molecule has 0 unspecified atom stereocenters. The topological polar surface area (TPSA) is 112 Å². The van der Waals surface area contributed by atoms with Gasteiger partial charge in [0, 0.05) is 12.0 Å². The third-order valence-electron chi connectivity index (χ3n) is 2.93. The molecule has 0 saturated carbocycles. The number of nitrogens with one attached hydrogen (secondary N) is 2. The summed E-state index contributed by atoms with van der Waals surface area (Å²) in [5, 5.41) is 9.10. The molecule has 96 valence electrons. The maximum atomic E-state index is 11.7. The summed E-state index contributed by atoms with van der Waals surface area (Å²) in [4.78, 5) is 38.4. The Kier molecular flexibility index (Phi) is 2.28. The standard InChI is InChI=1S/C12H8N2O5/c15-9-7-4-6-5(11(16)17)2-1-3-8(6)19-10(7)14-12(18)13-9/h1-3H,4H2,(H,16,17)(H2,13,14,15,18). The maximum absolute atomic E-state index is 11.7. The molecule has 1 aromatic carbocycles. The van der Waals surface area contributed by atoms with Crippen molar-refractivity contribution in [2.45, 2.75) is 6.42 Å². The fraction of sp³-hybridized carbons (Fsp3) is 0.0833. The van der Waals surface area contributed by atoms with E-state index in [0.717, 1.165) is 0 Å². The van der Waals surface area contributed by atoms with E-state index in [4.69, 9.17) is 9.84 Å². The Bertz CT molecular complexity index is 802. The number of benzene rings is 1. The van der Waals surface area contributed by atoms with Crippen molar-refractivity contribution in [1.82, 2.24) is 9.97 Å². The van der Waals surface area contributed by atoms with Gasteiger partial charge in [0.15, 0.2) is 0 Å². The summed E-state index contributed by atoms with van der Waals surface area (Å²) >= 11 is 0. The normalized spacial score (nSPS) is 12.2. The van der Waals surface area contributed by atoms with Gasteiger partial charge in [0.2, 0.25) is 5.88 Å². The Morgan fingerprint density at radius 2 is 2.00 bits per heavy atom. The third-order valence-corrected chi connectivity index (χ3v) is 2.93. The van der Waals surface area contributed by atoms with E-state index < -0.39 is 17.2 Å². The number of aromatic amines is 2. The van der Waals surface area contributed by atoms with Gasteiger partial charge < -0.3 is 9.84 Å². The van der Waals surface area contributed by atoms with Crippen molar-refractivity contribution < 1.29 is 14.6 Å². The number of ether oxygens (including phenoxy) is 1. The molecule has 0 saturated heterocycles. The highest BCUT2D eigenvalue weighted by Crippen LogP contribution is 2.34. The van der Waals surface area contributed by atoms with Crippen LogP contribution >= 0.6 is 0 Å². The van der Waals surface area contributed by atoms with Crippen molar-refractivity contribution in [3.8, 4) is 11.6 Å². The molecule has 0 atom stereocenters. The molecule has 7 heteroatoms. The largest absolute Gasteiger partial charge is 0.478 e. The maximum Gasteiger partial charge on any atom is 0.336 e. The van der Waals surface area contributed by atoms with Gasteiger partial charge in [0.1, 0.15) is 5.75 Å². The Balaban J connectivity index is 2.23. The number of hydrogen-bond donors (Lipinski definition) is 3. The molecule has 3 N–H and O–H groups in total. The van der Waals surface area contributed by atoms with E-state index in [1.165, 1.54) is 6.07 Å². The minimum atomic E-state index is -1.09. The van der Waals surface area contributed by atoms with Gasteiger partial charge in [-0.25, -0.2) is 9.59 Å². The van der Waals surface area contributed by atoms with Crippen molar-refractivity contribution in [3.05, 3.63) is 55.7 Å². The van der Waals surface area contributed by atoms with Crippen LogP contribution in [0.15, 0.2) is 27.8 Å². The molecule has 0 fully saturated rings. The van der Waals surface area contributed by atoms with Crippen molar-refractivity contribution in [2.75, 3.05) is 0 Å². The summed E-state index contributed by atoms with van der Waals surface area (Å²) in [7, 11) is 0. The lowest BCUT2D eigenvalue weighted by molar-refractivity contribution is 0.0695. The van der Waals surface area contributed by atoms with Gasteiger partial charge in [-0.3, -0.25) is 14.8 Å². The lowest BCUT2D eigenvalue weighted by Crippen LogP contribution is -2.28. The summed E-state index contributed by atoms with van der Waals surface area (Å²) in [6.07, 6.45) is 0.0965. The molecule has 0 bridgehead atoms. The molecule has 2 heterocycles. The number of carbonyl (C=O) groups is 1. The first-order valence-corrected chi connectivity index (χ1v) is 5.45. The SMILES string of the molecule is O=C(O)c1cccc2c1Cc1c([nH]c(=O)[nH]c1=O)O2. The van der Waals surface area contributed by atoms with Crippen molar-refractivity contribution >= 4 is 5.97 Å². The number of carboxylic acid groups (broad SMARTS) is 1. The van der Waals surface area contributed by atoms with Crippen LogP contribution in [-0.4, -0.2) is 21.0 Å². The molecule has 2 aromatic rings. The number of fused-ring (bicyclic) bond motifs is 2. The second-order valence-electron chi connectivity index (χ2n) is 4.08. The highest BCUT2D eigenvalue weighted by molar-refractivity contribution is 5.90. The highest BCUT2D eigenvalue weighted by atomic mass is 16.5. The zero-order valence-electron chi connectivity index (χ0n) is 9.52. The lowest BCUT2D eigenvalue weighted by atomic mass is 9.98. The minimum Gasteiger partial charge on any atom is -0.478 e. The van der Waals surface area contributed by atoms with Gasteiger partial charge in [-0.2, -0.15) is 0 Å². The van der Waals surface area contributed by atoms with E-state index in [2.05, 4.69) is 9.97 Å². The average molecular weight is 260 g/mol. The second-order valence-corrected chi connectivity index (χ2v) is 4.08. The molecule has 1 aromatic heterocycles. The van der Waals surface area contributed by atoms with E-state index >= 15 is 0 Å². The van der Waals surface area contributed by atoms with Crippen LogP contribution in [0.2, 0.25) is 0 Å². The zero-order valence-corrected chi connectivity index (χ0v) is 9.52. The summed E-state index contributed by atoms with van der Waals surface area (Å²) in [5.74, 6) is -0.706. The molecule has 3 rings (SSSR count). The predicted molar refractivity (Wildman–Crippen MR) is 64.0 cm³/mol. The van der Waals surface area contributed by atoms with Crippen LogP contribution in [0.4, 0.5) is 0 Å². The molecule has 19 heavy (non-hydrogen) atoms. The smallest absolute Gasteiger partial charge is 0.336 e. The van der Waals surface area contributed by atoms with E-state index in [-0.39, 0.29) is 23.4 Å². The lowest BCUT2D eigenvalue weighted by Gasteiger charge is -2.19. The van der Waals surface area contributed by atoms with Gasteiger partial charge in [0.25, 0.3) is 5.56 Å². The third kappa shape index (κ3) is 1.71. The number of aromatic carboxylic acids is 1. The number of aromatic nitrogens is 2. The molecule has 0 aliphatic carbocycles. The molecule has 1 aliphatic rings. The van der Waals surface area contributed by atoms with E-state index in [1.54, 1.807) is 12.1 Å². The van der Waals surface area contributed by atoms with Crippen LogP contribution in [0.1, 0.15) is 21.5 Å². The van der Waals surface area contributed by atoms with Gasteiger partial charge in [0.05, 0.1) is 11.1 Å². The molecule has 0 radical (unpaired) electrons. The van der Waals surface area contributed by atoms with Crippen LogP contribution in [0, 0.1) is 0 Å². The van der Waals surface area contributed by atoms with Gasteiger partial charge in [-0.15, -0.1) is 0 Å². The average Bonchev–Trinajstić information content (AvgIpc) is 2.35. The van der Waals surface area contributed by atoms with Gasteiger partial charge >= 0.3 is 11.7 Å². The van der Waals surface area contributed by atoms with Crippen molar-refractivity contribution in [3.63, 3.8) is 0 Å². The molecular weight excluding hydrogens is 252 g/mol. The Labute approximate surface area is 105 Å². The second kappa shape index (κ2) is 3.84. The molecule has 0 amide bonds. The fourth-order valence-electron chi connectivity index (χ4n) is 2.07. The van der Waals surface area contributed by atoms with Crippen molar-refractivity contribution in [1.29, 1.82) is 0 Å². The number of carboxylic acids is 1. The first-order valence-electron chi connectivity index (χ1n) is 5.45. The van der Waals surface area contributed by atoms with Crippen molar-refractivity contribution in [2.24, 2.45) is 0 Å². The monoisotopic (exact) mass is 260 g/mol. The van der Waals surface area contributed by atoms with Gasteiger partial charge in [-0.05, 0) is 12.1 Å². The van der Waals surface area contributed by atoms with E-state index in [9.17, 15) is 14.4 Å². The predicted octanol–water partition coefficient (Wildman–Crippen LogP) is 0.458. The van der Waals surface area contributed by atoms with Gasteiger partial charge in [-0.1, -0.05) is 6.07 Å². The van der Waals surface area contributed by atoms with E-state index in [0.29, 0.717) is 11.3 Å². The molecule has 7 nitrogen and oxygen atoms in total. The van der Waals surface area contributed by atoms with Crippen LogP contribution in [0.3, 0.4) is 0 Å². The molecule has 0 spiro atoms.